The zero-order valence-electron chi connectivity index (χ0n) is 21.4. The highest BCUT2D eigenvalue weighted by Gasteiger charge is 2.24. The summed E-state index contributed by atoms with van der Waals surface area (Å²) < 4.78 is 10.0. The number of nitrogens with zero attached hydrogens (tertiary/aromatic N) is 1. The van der Waals surface area contributed by atoms with Crippen LogP contribution in [0.25, 0.3) is 0 Å². The monoisotopic (exact) mass is 537 g/mol. The van der Waals surface area contributed by atoms with Gasteiger partial charge in [0.05, 0.1) is 13.4 Å². The Labute approximate surface area is 225 Å². The molecule has 206 valence electrons. The van der Waals surface area contributed by atoms with Crippen molar-refractivity contribution in [1.29, 1.82) is 0 Å². The Morgan fingerprint density at radius 1 is 0.949 bits per heavy atom. The first-order valence-electron chi connectivity index (χ1n) is 12.2. The van der Waals surface area contributed by atoms with Crippen LogP contribution in [0, 0.1) is 0 Å². The summed E-state index contributed by atoms with van der Waals surface area (Å²) in [5, 5.41) is 17.2. The molecule has 0 aliphatic carbocycles. The van der Waals surface area contributed by atoms with Crippen LogP contribution < -0.4 is 16.0 Å². The third kappa shape index (κ3) is 9.84. The minimum Gasteiger partial charge on any atom is -0.508 e. The number of amides is 3. The summed E-state index contributed by atoms with van der Waals surface area (Å²) in [4.78, 5) is 56.7. The van der Waals surface area contributed by atoms with Crippen LogP contribution in [0.15, 0.2) is 67.1 Å². The first-order valence-corrected chi connectivity index (χ1v) is 12.2. The van der Waals surface area contributed by atoms with Crippen molar-refractivity contribution >= 4 is 23.9 Å². The van der Waals surface area contributed by atoms with Gasteiger partial charge >= 0.3 is 12.1 Å². The van der Waals surface area contributed by atoms with E-state index in [2.05, 4.69) is 25.9 Å². The van der Waals surface area contributed by atoms with Gasteiger partial charge in [0.15, 0.2) is 0 Å². The van der Waals surface area contributed by atoms with Crippen LogP contribution in [0.3, 0.4) is 0 Å². The largest absolute Gasteiger partial charge is 0.508 e. The number of hydrogen-bond acceptors (Lipinski definition) is 8. The minimum atomic E-state index is -0.992. The number of aromatic amines is 1. The Morgan fingerprint density at radius 3 is 2.36 bits per heavy atom. The molecule has 0 spiro atoms. The second-order valence-corrected chi connectivity index (χ2v) is 8.59. The van der Waals surface area contributed by atoms with E-state index >= 15 is 0 Å². The maximum Gasteiger partial charge on any atom is 0.408 e. The van der Waals surface area contributed by atoms with E-state index in [1.165, 1.54) is 31.8 Å². The molecule has 0 fully saturated rings. The zero-order chi connectivity index (χ0) is 28.0. The number of carbonyl (C=O) groups excluding carboxylic acids is 4. The average Bonchev–Trinajstić information content (AvgIpc) is 3.45. The number of alkyl carbamates (subject to hydrolysis) is 1. The smallest absolute Gasteiger partial charge is 0.408 e. The molecule has 1 aromatic heterocycles. The van der Waals surface area contributed by atoms with Crippen LogP contribution in [0.4, 0.5) is 4.79 Å². The van der Waals surface area contributed by atoms with Crippen molar-refractivity contribution in [3.8, 4) is 5.75 Å². The average molecular weight is 538 g/mol. The Bertz CT molecular complexity index is 1220. The van der Waals surface area contributed by atoms with Gasteiger partial charge in [0.25, 0.3) is 0 Å². The van der Waals surface area contributed by atoms with Crippen LogP contribution >= 0.6 is 0 Å². The summed E-state index contributed by atoms with van der Waals surface area (Å²) in [6.07, 6.45) is 2.38. The summed E-state index contributed by atoms with van der Waals surface area (Å²) in [5.74, 6) is -1.55. The number of aromatic nitrogens is 2. The van der Waals surface area contributed by atoms with E-state index in [1.807, 2.05) is 30.3 Å². The molecule has 0 bridgehead atoms. The SMILES string of the molecule is COC(=O)[C@H](Cc1ccc(O)cc1)NC(=O)CCNC(=O)[C@H](Cc1cnc[nH]1)NC(=O)OCc1ccccc1. The first kappa shape index (κ1) is 28.7. The summed E-state index contributed by atoms with van der Waals surface area (Å²) >= 11 is 0. The van der Waals surface area contributed by atoms with Crippen LogP contribution in [-0.2, 0) is 43.3 Å². The second-order valence-electron chi connectivity index (χ2n) is 8.59. The van der Waals surface area contributed by atoms with Gasteiger partial charge in [-0.3, -0.25) is 9.59 Å². The fourth-order valence-corrected chi connectivity index (χ4v) is 3.62. The van der Waals surface area contributed by atoms with Crippen molar-refractivity contribution in [1.82, 2.24) is 25.9 Å². The molecule has 2 atom stereocenters. The third-order valence-electron chi connectivity index (χ3n) is 5.65. The first-order chi connectivity index (χ1) is 18.8. The molecule has 0 aliphatic heterocycles. The molecular weight excluding hydrogens is 506 g/mol. The number of esters is 1. The lowest BCUT2D eigenvalue weighted by Gasteiger charge is -2.19. The molecule has 0 saturated carbocycles. The summed E-state index contributed by atoms with van der Waals surface area (Å²) in [5.41, 5.74) is 2.12. The van der Waals surface area contributed by atoms with E-state index in [0.29, 0.717) is 11.3 Å². The highest BCUT2D eigenvalue weighted by atomic mass is 16.5. The number of H-pyrrole nitrogens is 1. The van der Waals surface area contributed by atoms with Gasteiger partial charge in [-0.1, -0.05) is 42.5 Å². The van der Waals surface area contributed by atoms with Gasteiger partial charge in [-0.05, 0) is 23.3 Å². The van der Waals surface area contributed by atoms with Crippen molar-refractivity contribution in [2.75, 3.05) is 13.7 Å². The van der Waals surface area contributed by atoms with Crippen molar-refractivity contribution in [3.63, 3.8) is 0 Å². The van der Waals surface area contributed by atoms with Crippen molar-refractivity contribution < 1.29 is 33.8 Å². The number of ether oxygens (including phenoxy) is 2. The number of rotatable bonds is 13. The lowest BCUT2D eigenvalue weighted by molar-refractivity contribution is -0.145. The Morgan fingerprint density at radius 2 is 1.69 bits per heavy atom. The van der Waals surface area contributed by atoms with Crippen LogP contribution in [0.5, 0.6) is 5.75 Å². The van der Waals surface area contributed by atoms with Crippen molar-refractivity contribution in [2.24, 2.45) is 0 Å². The van der Waals surface area contributed by atoms with Gasteiger partial charge in [-0.15, -0.1) is 0 Å². The molecule has 0 unspecified atom stereocenters. The molecule has 2 aromatic carbocycles. The van der Waals surface area contributed by atoms with Gasteiger partial charge in [0.1, 0.15) is 24.4 Å². The minimum absolute atomic E-state index is 0.0384. The van der Waals surface area contributed by atoms with E-state index in [1.54, 1.807) is 12.1 Å². The highest BCUT2D eigenvalue weighted by molar-refractivity contribution is 5.87. The van der Waals surface area contributed by atoms with Gasteiger partial charge < -0.3 is 35.5 Å². The predicted molar refractivity (Wildman–Crippen MR) is 139 cm³/mol. The number of hydrogen-bond donors (Lipinski definition) is 5. The number of imidazole rings is 1. The fraction of sp³-hybridized carbons (Fsp3) is 0.296. The number of phenolic OH excluding ortho intramolecular Hbond substituents is 1. The zero-order valence-corrected chi connectivity index (χ0v) is 21.4. The lowest BCUT2D eigenvalue weighted by atomic mass is 10.1. The molecule has 5 N–H and O–H groups in total. The van der Waals surface area contributed by atoms with Gasteiger partial charge in [-0.2, -0.15) is 0 Å². The van der Waals surface area contributed by atoms with Crippen LogP contribution in [-0.4, -0.2) is 64.7 Å². The van der Waals surface area contributed by atoms with Crippen molar-refractivity contribution in [3.05, 3.63) is 83.9 Å². The van der Waals surface area contributed by atoms with E-state index in [-0.39, 0.29) is 38.2 Å². The molecule has 1 heterocycles. The summed E-state index contributed by atoms with van der Waals surface area (Å²) in [6.45, 7) is -0.00522. The Hall–Kier alpha value is -4.87. The highest BCUT2D eigenvalue weighted by Crippen LogP contribution is 2.12. The van der Waals surface area contributed by atoms with Crippen LogP contribution in [0.1, 0.15) is 23.2 Å². The fourth-order valence-electron chi connectivity index (χ4n) is 3.62. The predicted octanol–water partition coefficient (Wildman–Crippen LogP) is 1.36. The number of benzene rings is 2. The van der Waals surface area contributed by atoms with Gasteiger partial charge in [0.2, 0.25) is 11.8 Å². The standard InChI is InChI=1S/C27H31N5O7/c1-38-26(36)23(13-18-7-9-21(33)10-8-18)31-24(34)11-12-29-25(35)22(14-20-15-28-17-30-20)32-27(37)39-16-19-5-3-2-4-6-19/h2-10,15,17,22-23,33H,11-14,16H2,1H3,(H,28,30)(H,29,35)(H,31,34)(H,32,37)/t22-,23-/m0/s1. The maximum absolute atomic E-state index is 12.9. The maximum atomic E-state index is 12.9. The van der Waals surface area contributed by atoms with E-state index in [4.69, 9.17) is 9.47 Å². The van der Waals surface area contributed by atoms with Gasteiger partial charge in [-0.25, -0.2) is 14.6 Å². The quantitative estimate of drug-likeness (QED) is 0.203. The third-order valence-corrected chi connectivity index (χ3v) is 5.65. The van der Waals surface area contributed by atoms with Gasteiger partial charge in [0, 0.05) is 37.7 Å². The molecule has 3 aromatic rings. The summed E-state index contributed by atoms with van der Waals surface area (Å²) in [6, 6.07) is 13.4. The van der Waals surface area contributed by atoms with E-state index in [0.717, 1.165) is 5.56 Å². The normalized spacial score (nSPS) is 12.0. The Kier molecular flexibility index (Phi) is 10.9. The number of phenols is 1. The molecule has 12 heteroatoms. The molecule has 12 nitrogen and oxygen atoms in total. The molecule has 3 amide bonds. The van der Waals surface area contributed by atoms with E-state index in [9.17, 15) is 24.3 Å². The number of aromatic hydroxyl groups is 1. The number of carbonyl (C=O) groups is 4. The lowest BCUT2D eigenvalue weighted by Crippen LogP contribution is -2.49. The van der Waals surface area contributed by atoms with Crippen molar-refractivity contribution in [2.45, 2.75) is 38.0 Å². The molecule has 0 radical (unpaired) electrons. The topological polar surface area (TPSA) is 172 Å². The number of nitrogens with one attached hydrogen (secondary N) is 4. The molecule has 0 aliphatic rings. The molecule has 0 saturated heterocycles. The molecular formula is C27H31N5O7. The van der Waals surface area contributed by atoms with E-state index < -0.39 is 36.0 Å². The number of methoxy groups -OCH3 is 1. The molecule has 39 heavy (non-hydrogen) atoms. The Balaban J connectivity index is 1.51. The van der Waals surface area contributed by atoms with Crippen LogP contribution in [0.2, 0.25) is 0 Å². The summed E-state index contributed by atoms with van der Waals surface area (Å²) in [7, 11) is 1.22. The second kappa shape index (κ2) is 14.8. The molecule has 3 rings (SSSR count).